The minimum Gasteiger partial charge on any atom is -0.374 e. The normalized spacial score (nSPS) is 12.8. The van der Waals surface area contributed by atoms with Crippen LogP contribution in [0, 0.1) is 0 Å². The minimum absolute atomic E-state index is 0.176. The van der Waals surface area contributed by atoms with Crippen molar-refractivity contribution >= 4 is 42.6 Å². The van der Waals surface area contributed by atoms with Crippen LogP contribution in [-0.4, -0.2) is 43.4 Å². The van der Waals surface area contributed by atoms with Crippen LogP contribution in [0.15, 0.2) is 0 Å². The first-order chi connectivity index (χ1) is 15.9. The third kappa shape index (κ3) is 19.1. The fourth-order valence-corrected chi connectivity index (χ4v) is 8.51. The molecule has 0 N–H and O–H groups in total. The molecule has 0 radical (unpaired) electrons. The molecule has 0 aromatic rings. The molecule has 0 spiro atoms. The first kappa shape index (κ1) is 33.1. The van der Waals surface area contributed by atoms with Gasteiger partial charge in [0.2, 0.25) is 0 Å². The molecule has 0 saturated heterocycles. The summed E-state index contributed by atoms with van der Waals surface area (Å²) < 4.78 is 18.4. The Morgan fingerprint density at radius 1 is 0.727 bits per heavy atom. The highest BCUT2D eigenvalue weighted by Crippen LogP contribution is 2.27. The lowest BCUT2D eigenvalue weighted by atomic mass is 10.1. The number of hydrogen-bond acceptors (Lipinski definition) is 7. The zero-order chi connectivity index (χ0) is 24.8. The fraction of sp³-hybridized carbons (Fsp3) is 0.920. The average Bonchev–Trinajstić information content (AvgIpc) is 2.76. The highest BCUT2D eigenvalue weighted by Gasteiger charge is 2.42. The zero-order valence-electron chi connectivity index (χ0n) is 22.0. The molecule has 1 atom stereocenters. The Bertz CT molecular complexity index is 487. The number of rotatable bonds is 23. The summed E-state index contributed by atoms with van der Waals surface area (Å²) in [7, 11) is -2.88. The SMILES string of the molecule is CCCCCCCC(=O)SCCC[Si](OCC)(OCC)OC(C)SC(=O)CCCCCCC. The molecule has 0 fully saturated rings. The van der Waals surface area contributed by atoms with Gasteiger partial charge in [-0.15, -0.1) is 0 Å². The van der Waals surface area contributed by atoms with E-state index in [0.29, 0.717) is 32.1 Å². The summed E-state index contributed by atoms with van der Waals surface area (Å²) in [6, 6.07) is 0.668. The summed E-state index contributed by atoms with van der Waals surface area (Å²) in [5.41, 5.74) is -0.296. The van der Waals surface area contributed by atoms with Gasteiger partial charge in [-0.3, -0.25) is 9.59 Å². The van der Waals surface area contributed by atoms with Crippen molar-refractivity contribution in [2.75, 3.05) is 19.0 Å². The van der Waals surface area contributed by atoms with E-state index in [2.05, 4.69) is 13.8 Å². The molecular weight excluding hydrogens is 472 g/mol. The zero-order valence-corrected chi connectivity index (χ0v) is 24.6. The fourth-order valence-electron chi connectivity index (χ4n) is 3.57. The van der Waals surface area contributed by atoms with Crippen LogP contribution < -0.4 is 0 Å². The van der Waals surface area contributed by atoms with Crippen molar-refractivity contribution < 1.29 is 22.9 Å². The van der Waals surface area contributed by atoms with E-state index in [1.165, 1.54) is 62.0 Å². The molecule has 196 valence electrons. The smallest absolute Gasteiger partial charge is 0.374 e. The van der Waals surface area contributed by atoms with E-state index in [1.807, 2.05) is 20.8 Å². The Hall–Kier alpha value is 0.137. The highest BCUT2D eigenvalue weighted by atomic mass is 32.2. The molecule has 0 rings (SSSR count). The standard InChI is InChI=1S/C25H50O5S2Si/c1-6-10-12-14-16-19-24(26)31-21-18-22-33(28-8-3,29-9-4)30-23(5)32-25(27)20-17-15-13-11-7-2/h23H,6-22H2,1-5H3. The van der Waals surface area contributed by atoms with Gasteiger partial charge in [0, 0.05) is 37.9 Å². The Kier molecular flexibility index (Phi) is 22.7. The van der Waals surface area contributed by atoms with Crippen LogP contribution in [0.5, 0.6) is 0 Å². The van der Waals surface area contributed by atoms with Gasteiger partial charge in [0.05, 0.1) is 0 Å². The predicted octanol–water partition coefficient (Wildman–Crippen LogP) is 7.99. The number of hydrogen-bond donors (Lipinski definition) is 0. The van der Waals surface area contributed by atoms with E-state index in [9.17, 15) is 9.59 Å². The lowest BCUT2D eigenvalue weighted by Crippen LogP contribution is -2.47. The number of thioether (sulfide) groups is 2. The van der Waals surface area contributed by atoms with E-state index in [4.69, 9.17) is 13.3 Å². The summed E-state index contributed by atoms with van der Waals surface area (Å²) in [4.78, 5) is 24.5. The van der Waals surface area contributed by atoms with Crippen LogP contribution in [-0.2, 0) is 22.9 Å². The molecule has 0 aliphatic carbocycles. The third-order valence-corrected chi connectivity index (χ3v) is 10.5. The molecule has 0 saturated carbocycles. The second-order valence-corrected chi connectivity index (χ2v) is 13.6. The molecule has 0 amide bonds. The van der Waals surface area contributed by atoms with Gasteiger partial charge in [-0.05, 0) is 40.0 Å². The maximum absolute atomic E-state index is 12.3. The van der Waals surface area contributed by atoms with Gasteiger partial charge in [0.1, 0.15) is 5.44 Å². The van der Waals surface area contributed by atoms with Crippen molar-refractivity contribution in [2.45, 2.75) is 130 Å². The summed E-state index contributed by atoms with van der Waals surface area (Å²) in [6.45, 7) is 11.2. The molecule has 8 heteroatoms. The van der Waals surface area contributed by atoms with Crippen molar-refractivity contribution in [1.29, 1.82) is 0 Å². The average molecular weight is 523 g/mol. The van der Waals surface area contributed by atoms with Crippen LogP contribution in [0.1, 0.15) is 118 Å². The van der Waals surface area contributed by atoms with Gasteiger partial charge in [-0.1, -0.05) is 88.7 Å². The number of carbonyl (C=O) groups is 2. The van der Waals surface area contributed by atoms with Crippen LogP contribution in [0.25, 0.3) is 0 Å². The Balaban J connectivity index is 4.44. The van der Waals surface area contributed by atoms with Crippen LogP contribution in [0.2, 0.25) is 6.04 Å². The minimum atomic E-state index is -2.88. The second-order valence-electron chi connectivity index (χ2n) is 8.38. The molecule has 0 aromatic heterocycles. The molecule has 0 aliphatic heterocycles. The topological polar surface area (TPSA) is 61.8 Å². The Labute approximate surface area is 213 Å². The number of unbranched alkanes of at least 4 members (excludes halogenated alkanes) is 8. The van der Waals surface area contributed by atoms with E-state index < -0.39 is 8.80 Å². The third-order valence-electron chi connectivity index (χ3n) is 5.23. The number of carbonyl (C=O) groups excluding carboxylic acids is 2. The van der Waals surface area contributed by atoms with Crippen molar-refractivity contribution in [3.63, 3.8) is 0 Å². The summed E-state index contributed by atoms with van der Waals surface area (Å²) in [5.74, 6) is 0.754. The Morgan fingerprint density at radius 2 is 1.24 bits per heavy atom. The van der Waals surface area contributed by atoms with Crippen molar-refractivity contribution in [3.8, 4) is 0 Å². The largest absolute Gasteiger partial charge is 0.501 e. The van der Waals surface area contributed by atoms with E-state index in [-0.39, 0.29) is 15.7 Å². The monoisotopic (exact) mass is 522 g/mol. The van der Waals surface area contributed by atoms with Crippen LogP contribution >= 0.6 is 23.5 Å². The molecular formula is C25H50O5S2Si. The summed E-state index contributed by atoms with van der Waals surface area (Å²) >= 11 is 2.67. The van der Waals surface area contributed by atoms with Gasteiger partial charge in [-0.2, -0.15) is 0 Å². The quantitative estimate of drug-likeness (QED) is 0.0765. The molecule has 0 aliphatic rings. The molecule has 33 heavy (non-hydrogen) atoms. The lowest BCUT2D eigenvalue weighted by Gasteiger charge is -2.31. The van der Waals surface area contributed by atoms with Gasteiger partial charge < -0.3 is 13.3 Å². The van der Waals surface area contributed by atoms with Crippen molar-refractivity contribution in [2.24, 2.45) is 0 Å². The summed E-state index contributed by atoms with van der Waals surface area (Å²) in [6.07, 6.45) is 13.6. The Morgan fingerprint density at radius 3 is 1.76 bits per heavy atom. The molecule has 0 bridgehead atoms. The highest BCUT2D eigenvalue weighted by molar-refractivity contribution is 8.14. The van der Waals surface area contributed by atoms with E-state index >= 15 is 0 Å². The van der Waals surface area contributed by atoms with E-state index in [1.54, 1.807) is 0 Å². The van der Waals surface area contributed by atoms with Crippen LogP contribution in [0.3, 0.4) is 0 Å². The molecule has 0 heterocycles. The maximum atomic E-state index is 12.3. The molecule has 0 aromatic carbocycles. The van der Waals surface area contributed by atoms with Crippen molar-refractivity contribution in [1.82, 2.24) is 0 Å². The maximum Gasteiger partial charge on any atom is 0.501 e. The van der Waals surface area contributed by atoms with E-state index in [0.717, 1.165) is 37.9 Å². The van der Waals surface area contributed by atoms with Crippen molar-refractivity contribution in [3.05, 3.63) is 0 Å². The summed E-state index contributed by atoms with van der Waals surface area (Å²) in [5, 5.41) is 0.455. The van der Waals surface area contributed by atoms with Crippen LogP contribution in [0.4, 0.5) is 0 Å². The van der Waals surface area contributed by atoms with Gasteiger partial charge in [0.15, 0.2) is 10.2 Å². The first-order valence-electron chi connectivity index (χ1n) is 13.2. The first-order valence-corrected chi connectivity index (χ1v) is 17.0. The van der Waals surface area contributed by atoms with Gasteiger partial charge in [0.25, 0.3) is 0 Å². The molecule has 1 unspecified atom stereocenters. The lowest BCUT2D eigenvalue weighted by molar-refractivity contribution is -0.111. The van der Waals surface area contributed by atoms with Gasteiger partial charge in [-0.25, -0.2) is 0 Å². The second kappa shape index (κ2) is 22.6. The predicted molar refractivity (Wildman–Crippen MR) is 146 cm³/mol. The molecule has 5 nitrogen and oxygen atoms in total. The van der Waals surface area contributed by atoms with Gasteiger partial charge >= 0.3 is 8.80 Å².